The van der Waals surface area contributed by atoms with Crippen LogP contribution in [0, 0.1) is 0 Å². The van der Waals surface area contributed by atoms with Gasteiger partial charge in [-0.3, -0.25) is 0 Å². The average Bonchev–Trinajstić information content (AvgIpc) is 3.58. The molecule has 0 bridgehead atoms. The molecular formula is C52H36N2. The van der Waals surface area contributed by atoms with Gasteiger partial charge in [0.05, 0.1) is 11.0 Å². The lowest BCUT2D eigenvalue weighted by atomic mass is 10.00. The Bertz CT molecular complexity index is 2810. The van der Waals surface area contributed by atoms with Gasteiger partial charge >= 0.3 is 0 Å². The average molecular weight is 689 g/mol. The number of benzene rings is 9. The van der Waals surface area contributed by atoms with E-state index in [1.165, 1.54) is 60.4 Å². The van der Waals surface area contributed by atoms with E-state index < -0.39 is 0 Å². The molecule has 1 heterocycles. The van der Waals surface area contributed by atoms with Crippen LogP contribution in [0.4, 0.5) is 17.1 Å². The smallest absolute Gasteiger partial charge is 0.0561 e. The first-order valence-corrected chi connectivity index (χ1v) is 18.5. The highest BCUT2D eigenvalue weighted by atomic mass is 15.1. The molecule has 1 aromatic heterocycles. The van der Waals surface area contributed by atoms with Crippen LogP contribution in [-0.2, 0) is 0 Å². The molecule has 0 saturated carbocycles. The Kier molecular flexibility index (Phi) is 7.85. The van der Waals surface area contributed by atoms with Crippen molar-refractivity contribution in [1.82, 2.24) is 4.57 Å². The number of fused-ring (bicyclic) bond motifs is 4. The second kappa shape index (κ2) is 13.4. The first-order chi connectivity index (χ1) is 26.8. The van der Waals surface area contributed by atoms with E-state index in [9.17, 15) is 0 Å². The number of nitrogens with zero attached hydrogens (tertiary/aromatic N) is 2. The summed E-state index contributed by atoms with van der Waals surface area (Å²) in [4.78, 5) is 2.37. The third-order valence-electron chi connectivity index (χ3n) is 10.6. The normalized spacial score (nSPS) is 11.3. The molecule has 0 N–H and O–H groups in total. The van der Waals surface area contributed by atoms with Crippen molar-refractivity contribution in [3.8, 4) is 39.1 Å². The molecule has 0 radical (unpaired) electrons. The highest BCUT2D eigenvalue weighted by Gasteiger charge is 2.19. The highest BCUT2D eigenvalue weighted by Crippen LogP contribution is 2.41. The molecule has 10 aromatic rings. The molecule has 54 heavy (non-hydrogen) atoms. The van der Waals surface area contributed by atoms with Crippen molar-refractivity contribution in [1.29, 1.82) is 0 Å². The summed E-state index contributed by atoms with van der Waals surface area (Å²) in [6.07, 6.45) is 0. The van der Waals surface area contributed by atoms with E-state index in [1.54, 1.807) is 0 Å². The Morgan fingerprint density at radius 1 is 0.278 bits per heavy atom. The number of hydrogen-bond acceptors (Lipinski definition) is 1. The van der Waals surface area contributed by atoms with E-state index in [0.29, 0.717) is 0 Å². The zero-order chi connectivity index (χ0) is 35.8. The molecule has 0 aliphatic heterocycles. The second-order valence-corrected chi connectivity index (χ2v) is 13.8. The van der Waals surface area contributed by atoms with Crippen molar-refractivity contribution in [2.45, 2.75) is 0 Å². The van der Waals surface area contributed by atoms with Gasteiger partial charge in [0, 0.05) is 33.5 Å². The lowest BCUT2D eigenvalue weighted by Gasteiger charge is -2.26. The minimum atomic E-state index is 1.09. The number of para-hydroxylation sites is 1. The second-order valence-electron chi connectivity index (χ2n) is 13.8. The number of hydrogen-bond donors (Lipinski definition) is 0. The lowest BCUT2D eigenvalue weighted by molar-refractivity contribution is 1.18. The molecule has 0 spiro atoms. The fraction of sp³-hybridized carbons (Fsp3) is 0. The van der Waals surface area contributed by atoms with Gasteiger partial charge in [-0.15, -0.1) is 0 Å². The largest absolute Gasteiger partial charge is 0.310 e. The monoisotopic (exact) mass is 688 g/mol. The fourth-order valence-electron chi connectivity index (χ4n) is 7.86. The summed E-state index contributed by atoms with van der Waals surface area (Å²) in [5.41, 5.74) is 14.0. The van der Waals surface area contributed by atoms with E-state index in [4.69, 9.17) is 0 Å². The van der Waals surface area contributed by atoms with E-state index in [0.717, 1.165) is 28.3 Å². The van der Waals surface area contributed by atoms with Crippen LogP contribution in [0.25, 0.3) is 71.6 Å². The summed E-state index contributed by atoms with van der Waals surface area (Å²) in [5.74, 6) is 0. The first-order valence-electron chi connectivity index (χ1n) is 18.5. The molecule has 10 rings (SSSR count). The van der Waals surface area contributed by atoms with Crippen molar-refractivity contribution >= 4 is 49.6 Å². The molecule has 9 aromatic carbocycles. The topological polar surface area (TPSA) is 8.17 Å². The predicted molar refractivity (Wildman–Crippen MR) is 229 cm³/mol. The third-order valence-corrected chi connectivity index (χ3v) is 10.6. The van der Waals surface area contributed by atoms with E-state index in [-0.39, 0.29) is 0 Å². The summed E-state index contributed by atoms with van der Waals surface area (Å²) in [7, 11) is 0. The minimum Gasteiger partial charge on any atom is -0.310 e. The molecule has 0 saturated heterocycles. The molecule has 0 atom stereocenters. The fourth-order valence-corrected chi connectivity index (χ4v) is 7.86. The predicted octanol–water partition coefficient (Wildman–Crippen LogP) is 14.4. The van der Waals surface area contributed by atoms with Gasteiger partial charge in [-0.05, 0) is 105 Å². The van der Waals surface area contributed by atoms with Crippen LogP contribution in [0.2, 0.25) is 0 Å². The van der Waals surface area contributed by atoms with Crippen molar-refractivity contribution < 1.29 is 0 Å². The number of aromatic nitrogens is 1. The minimum absolute atomic E-state index is 1.09. The van der Waals surface area contributed by atoms with E-state index in [2.05, 4.69) is 228 Å². The summed E-state index contributed by atoms with van der Waals surface area (Å²) >= 11 is 0. The standard InChI is InChI=1S/C52H36N2/c1-4-12-37(13-5-1)40-22-27-46(28-23-40)53(47-29-24-41(25-30-47)38-14-6-2-7-15-38)48-31-33-50-49-32-26-44(43-21-20-39-16-10-11-17-42(39)34-43)35-51(49)54(52(50)36-48)45-18-8-3-9-19-45/h1-36H. The number of rotatable bonds is 7. The summed E-state index contributed by atoms with van der Waals surface area (Å²) in [6.45, 7) is 0. The Morgan fingerprint density at radius 3 is 1.31 bits per heavy atom. The van der Waals surface area contributed by atoms with Crippen LogP contribution in [0.15, 0.2) is 218 Å². The molecule has 0 aliphatic rings. The SMILES string of the molecule is c1ccc(-c2ccc(N(c3ccc(-c4ccccc4)cc3)c3ccc4c5ccc(-c6ccc7ccccc7c6)cc5n(-c5ccccc5)c4c3)cc2)cc1. The Balaban J connectivity index is 1.15. The van der Waals surface area contributed by atoms with Gasteiger partial charge in [0.25, 0.3) is 0 Å². The molecule has 0 fully saturated rings. The molecule has 2 heteroatoms. The maximum Gasteiger partial charge on any atom is 0.0561 e. The quantitative estimate of drug-likeness (QED) is 0.162. The Hall–Kier alpha value is -7.16. The Morgan fingerprint density at radius 2 is 0.704 bits per heavy atom. The molecule has 0 aliphatic carbocycles. The van der Waals surface area contributed by atoms with Gasteiger partial charge in [-0.1, -0.05) is 158 Å². The maximum atomic E-state index is 2.42. The molecule has 0 amide bonds. The molecule has 254 valence electrons. The van der Waals surface area contributed by atoms with E-state index in [1.807, 2.05) is 0 Å². The molecule has 0 unspecified atom stereocenters. The summed E-state index contributed by atoms with van der Waals surface area (Å²) < 4.78 is 2.42. The van der Waals surface area contributed by atoms with Gasteiger partial charge in [-0.25, -0.2) is 0 Å². The van der Waals surface area contributed by atoms with Crippen molar-refractivity contribution in [2.75, 3.05) is 4.90 Å². The van der Waals surface area contributed by atoms with Crippen LogP contribution < -0.4 is 4.90 Å². The van der Waals surface area contributed by atoms with Gasteiger partial charge < -0.3 is 9.47 Å². The molecule has 2 nitrogen and oxygen atoms in total. The van der Waals surface area contributed by atoms with Crippen LogP contribution >= 0.6 is 0 Å². The number of anilines is 3. The van der Waals surface area contributed by atoms with Crippen LogP contribution in [0.1, 0.15) is 0 Å². The van der Waals surface area contributed by atoms with Crippen molar-refractivity contribution in [3.63, 3.8) is 0 Å². The first kappa shape index (κ1) is 31.6. The van der Waals surface area contributed by atoms with Gasteiger partial charge in [0.1, 0.15) is 0 Å². The van der Waals surface area contributed by atoms with Gasteiger partial charge in [0.2, 0.25) is 0 Å². The Labute approximate surface area is 315 Å². The molecular weight excluding hydrogens is 653 g/mol. The van der Waals surface area contributed by atoms with E-state index >= 15 is 0 Å². The van der Waals surface area contributed by atoms with Crippen LogP contribution in [-0.4, -0.2) is 4.57 Å². The summed E-state index contributed by atoms with van der Waals surface area (Å²) in [5, 5.41) is 4.96. The van der Waals surface area contributed by atoms with Crippen molar-refractivity contribution in [3.05, 3.63) is 218 Å². The maximum absolute atomic E-state index is 2.42. The highest BCUT2D eigenvalue weighted by molar-refractivity contribution is 6.11. The van der Waals surface area contributed by atoms with Crippen molar-refractivity contribution in [2.24, 2.45) is 0 Å². The lowest BCUT2D eigenvalue weighted by Crippen LogP contribution is -2.10. The third kappa shape index (κ3) is 5.71. The van der Waals surface area contributed by atoms with Gasteiger partial charge in [-0.2, -0.15) is 0 Å². The summed E-state index contributed by atoms with van der Waals surface area (Å²) in [6, 6.07) is 78.9. The zero-order valence-corrected chi connectivity index (χ0v) is 29.7. The van der Waals surface area contributed by atoms with Gasteiger partial charge in [0.15, 0.2) is 0 Å². The zero-order valence-electron chi connectivity index (χ0n) is 29.7. The van der Waals surface area contributed by atoms with Crippen LogP contribution in [0.3, 0.4) is 0 Å². The van der Waals surface area contributed by atoms with Crippen LogP contribution in [0.5, 0.6) is 0 Å².